The highest BCUT2D eigenvalue weighted by Crippen LogP contribution is 2.19. The predicted octanol–water partition coefficient (Wildman–Crippen LogP) is 3.64. The number of benzene rings is 2. The molecule has 130 valence electrons. The van der Waals surface area contributed by atoms with Gasteiger partial charge in [0.05, 0.1) is 11.3 Å². The van der Waals surface area contributed by atoms with Crippen LogP contribution in [0, 0.1) is 5.82 Å². The van der Waals surface area contributed by atoms with Gasteiger partial charge in [-0.1, -0.05) is 35.3 Å². The van der Waals surface area contributed by atoms with E-state index in [9.17, 15) is 18.8 Å². The number of ether oxygens (including phenoxy) is 1. The lowest BCUT2D eigenvalue weighted by Gasteiger charge is -2.08. The van der Waals surface area contributed by atoms with Crippen molar-refractivity contribution in [1.82, 2.24) is 5.32 Å². The molecule has 0 atom stereocenters. The molecule has 0 spiro atoms. The molecule has 0 aromatic heterocycles. The standard InChI is InChI=1S/C16H11Cl2FN2O4/c17-10-5-9(6-11(18)7-10)15(23)25-8-14(22)21-16(24)20-13-4-2-1-3-12(13)19/h1-7H,8H2,(H2,20,21,22,24). The summed E-state index contributed by atoms with van der Waals surface area (Å²) in [6.45, 7) is -0.715. The van der Waals surface area contributed by atoms with Gasteiger partial charge in [0.25, 0.3) is 5.91 Å². The van der Waals surface area contributed by atoms with Crippen molar-refractivity contribution in [3.63, 3.8) is 0 Å². The summed E-state index contributed by atoms with van der Waals surface area (Å²) in [6, 6.07) is 8.54. The van der Waals surface area contributed by atoms with E-state index in [0.29, 0.717) is 0 Å². The Kier molecular flexibility index (Phi) is 6.32. The van der Waals surface area contributed by atoms with Crippen LogP contribution in [0.25, 0.3) is 0 Å². The lowest BCUT2D eigenvalue weighted by Crippen LogP contribution is -2.37. The molecule has 0 saturated heterocycles. The zero-order valence-electron chi connectivity index (χ0n) is 12.5. The summed E-state index contributed by atoms with van der Waals surface area (Å²) in [6.07, 6.45) is 0. The fourth-order valence-corrected chi connectivity index (χ4v) is 2.29. The van der Waals surface area contributed by atoms with Crippen molar-refractivity contribution in [2.45, 2.75) is 0 Å². The Hall–Kier alpha value is -2.64. The molecule has 2 aromatic carbocycles. The molecule has 2 rings (SSSR count). The molecular formula is C16H11Cl2FN2O4. The SMILES string of the molecule is O=C(COC(=O)c1cc(Cl)cc(Cl)c1)NC(=O)Nc1ccccc1F. The van der Waals surface area contributed by atoms with Crippen LogP contribution in [0.4, 0.5) is 14.9 Å². The normalized spacial score (nSPS) is 10.0. The molecule has 0 aliphatic rings. The molecule has 9 heteroatoms. The fourth-order valence-electron chi connectivity index (χ4n) is 1.76. The van der Waals surface area contributed by atoms with Crippen molar-refractivity contribution in [1.29, 1.82) is 0 Å². The summed E-state index contributed by atoms with van der Waals surface area (Å²) in [7, 11) is 0. The van der Waals surface area contributed by atoms with E-state index in [4.69, 9.17) is 27.9 Å². The first-order chi connectivity index (χ1) is 11.8. The van der Waals surface area contributed by atoms with Gasteiger partial charge in [-0.3, -0.25) is 10.1 Å². The van der Waals surface area contributed by atoms with Gasteiger partial charge >= 0.3 is 12.0 Å². The maximum atomic E-state index is 13.4. The topological polar surface area (TPSA) is 84.5 Å². The molecule has 0 saturated carbocycles. The van der Waals surface area contributed by atoms with Crippen molar-refractivity contribution in [2.24, 2.45) is 0 Å². The molecule has 0 heterocycles. The molecule has 25 heavy (non-hydrogen) atoms. The van der Waals surface area contributed by atoms with Crippen molar-refractivity contribution >= 4 is 46.8 Å². The van der Waals surface area contributed by atoms with Crippen LogP contribution < -0.4 is 10.6 Å². The minimum absolute atomic E-state index is 0.0566. The zero-order chi connectivity index (χ0) is 18.4. The van der Waals surface area contributed by atoms with Crippen LogP contribution in [0.5, 0.6) is 0 Å². The minimum atomic E-state index is -0.961. The highest BCUT2D eigenvalue weighted by molar-refractivity contribution is 6.35. The molecule has 3 amide bonds. The van der Waals surface area contributed by atoms with E-state index in [1.165, 1.54) is 36.4 Å². The van der Waals surface area contributed by atoms with Crippen molar-refractivity contribution in [3.05, 3.63) is 63.9 Å². The van der Waals surface area contributed by atoms with Gasteiger partial charge in [-0.25, -0.2) is 14.0 Å². The monoisotopic (exact) mass is 384 g/mol. The second-order valence-corrected chi connectivity index (χ2v) is 5.59. The number of hydrogen-bond donors (Lipinski definition) is 2. The Morgan fingerprint density at radius 1 is 1.04 bits per heavy atom. The van der Waals surface area contributed by atoms with Crippen LogP contribution in [0.1, 0.15) is 10.4 Å². The van der Waals surface area contributed by atoms with E-state index in [1.54, 1.807) is 0 Å². The predicted molar refractivity (Wildman–Crippen MR) is 90.3 cm³/mol. The first kappa shape index (κ1) is 18.7. The number of esters is 1. The summed E-state index contributed by atoms with van der Waals surface area (Å²) in [4.78, 5) is 35.0. The molecule has 2 aromatic rings. The van der Waals surface area contributed by atoms with E-state index in [2.05, 4.69) is 5.32 Å². The summed E-state index contributed by atoms with van der Waals surface area (Å²) in [5.41, 5.74) is -0.0422. The van der Waals surface area contributed by atoms with Crippen molar-refractivity contribution in [3.8, 4) is 0 Å². The van der Waals surface area contributed by atoms with E-state index in [0.717, 1.165) is 6.07 Å². The summed E-state index contributed by atoms with van der Waals surface area (Å²) in [5, 5.41) is 4.51. The van der Waals surface area contributed by atoms with Gasteiger partial charge in [0.15, 0.2) is 6.61 Å². The highest BCUT2D eigenvalue weighted by atomic mass is 35.5. The Bertz CT molecular complexity index is 809. The first-order valence-corrected chi connectivity index (χ1v) is 7.59. The molecule has 2 N–H and O–H groups in total. The number of rotatable bonds is 4. The number of urea groups is 1. The number of carbonyl (C=O) groups excluding carboxylic acids is 3. The van der Waals surface area contributed by atoms with Crippen molar-refractivity contribution in [2.75, 3.05) is 11.9 Å². The quantitative estimate of drug-likeness (QED) is 0.788. The summed E-state index contributed by atoms with van der Waals surface area (Å²) >= 11 is 11.5. The second kappa shape index (κ2) is 8.46. The summed E-state index contributed by atoms with van der Waals surface area (Å²) in [5.74, 6) is -2.39. The number of amides is 3. The number of para-hydroxylation sites is 1. The number of anilines is 1. The van der Waals surface area contributed by atoms with Gasteiger partial charge in [0.1, 0.15) is 5.82 Å². The molecule has 0 fully saturated rings. The fraction of sp³-hybridized carbons (Fsp3) is 0.0625. The van der Waals surface area contributed by atoms with E-state index in [-0.39, 0.29) is 21.3 Å². The van der Waals surface area contributed by atoms with Crippen LogP contribution in [0.15, 0.2) is 42.5 Å². The molecule has 0 bridgehead atoms. The average Bonchev–Trinajstić information content (AvgIpc) is 2.53. The molecule has 0 unspecified atom stereocenters. The molecule has 0 radical (unpaired) electrons. The third-order valence-electron chi connectivity index (χ3n) is 2.81. The Balaban J connectivity index is 1.85. The van der Waals surface area contributed by atoms with E-state index in [1.807, 2.05) is 5.32 Å². The number of hydrogen-bond acceptors (Lipinski definition) is 4. The molecule has 6 nitrogen and oxygen atoms in total. The number of imide groups is 1. The van der Waals surface area contributed by atoms with E-state index >= 15 is 0 Å². The van der Waals surface area contributed by atoms with Gasteiger partial charge in [0, 0.05) is 10.0 Å². The van der Waals surface area contributed by atoms with Crippen molar-refractivity contribution < 1.29 is 23.5 Å². The third-order valence-corrected chi connectivity index (χ3v) is 3.24. The van der Waals surface area contributed by atoms with Gasteiger partial charge in [-0.05, 0) is 30.3 Å². The first-order valence-electron chi connectivity index (χ1n) is 6.84. The lowest BCUT2D eigenvalue weighted by atomic mass is 10.2. The highest BCUT2D eigenvalue weighted by Gasteiger charge is 2.14. The maximum absolute atomic E-state index is 13.4. The lowest BCUT2D eigenvalue weighted by molar-refractivity contribution is -0.123. The Morgan fingerprint density at radius 3 is 2.32 bits per heavy atom. The number of carbonyl (C=O) groups is 3. The summed E-state index contributed by atoms with van der Waals surface area (Å²) < 4.78 is 18.1. The average molecular weight is 385 g/mol. The van der Waals surface area contributed by atoms with Gasteiger partial charge < -0.3 is 10.1 Å². The zero-order valence-corrected chi connectivity index (χ0v) is 14.0. The molecule has 0 aliphatic carbocycles. The molecular weight excluding hydrogens is 374 g/mol. The van der Waals surface area contributed by atoms with Crippen LogP contribution in [0.3, 0.4) is 0 Å². The molecule has 0 aliphatic heterocycles. The Labute approximate surface area is 151 Å². The van der Waals surface area contributed by atoms with Gasteiger partial charge in [0.2, 0.25) is 0 Å². The van der Waals surface area contributed by atoms with Crippen LogP contribution in [-0.4, -0.2) is 24.5 Å². The van der Waals surface area contributed by atoms with Crippen LogP contribution in [0.2, 0.25) is 10.0 Å². The van der Waals surface area contributed by atoms with Crippen LogP contribution >= 0.6 is 23.2 Å². The van der Waals surface area contributed by atoms with E-state index < -0.39 is 30.3 Å². The maximum Gasteiger partial charge on any atom is 0.338 e. The minimum Gasteiger partial charge on any atom is -0.452 e. The van der Waals surface area contributed by atoms with Crippen LogP contribution in [-0.2, 0) is 9.53 Å². The second-order valence-electron chi connectivity index (χ2n) is 4.72. The Morgan fingerprint density at radius 2 is 1.68 bits per heavy atom. The largest absolute Gasteiger partial charge is 0.452 e. The van der Waals surface area contributed by atoms with Gasteiger partial charge in [-0.15, -0.1) is 0 Å². The number of halogens is 3. The number of nitrogens with one attached hydrogen (secondary N) is 2. The third kappa shape index (κ3) is 5.74. The van der Waals surface area contributed by atoms with Gasteiger partial charge in [-0.2, -0.15) is 0 Å². The smallest absolute Gasteiger partial charge is 0.338 e.